The lowest BCUT2D eigenvalue weighted by atomic mass is 9.85. The van der Waals surface area contributed by atoms with Gasteiger partial charge in [0.05, 0.1) is 24.5 Å². The van der Waals surface area contributed by atoms with Gasteiger partial charge in [0, 0.05) is 4.88 Å². The number of hydrogen-bond donors (Lipinski definition) is 0. The quantitative estimate of drug-likeness (QED) is 0.485. The lowest BCUT2D eigenvalue weighted by molar-refractivity contribution is -0.123. The molecule has 2 bridgehead atoms. The van der Waals surface area contributed by atoms with Gasteiger partial charge in [-0.3, -0.25) is 9.59 Å². The topological polar surface area (TPSA) is 63.7 Å². The summed E-state index contributed by atoms with van der Waals surface area (Å²) in [6.45, 7) is 1.98. The molecule has 0 aromatic carbocycles. The summed E-state index contributed by atoms with van der Waals surface area (Å²) in [7, 11) is 1.31. The fraction of sp³-hybridized carbons (Fsp3) is 0.471. The van der Waals surface area contributed by atoms with E-state index in [4.69, 9.17) is 4.74 Å². The zero-order valence-corrected chi connectivity index (χ0v) is 13.8. The van der Waals surface area contributed by atoms with E-state index < -0.39 is 5.97 Å². The number of ether oxygens (including phenoxy) is 1. The third-order valence-corrected chi connectivity index (χ3v) is 6.46. The molecule has 1 aliphatic heterocycles. The molecular weight excluding hydrogens is 314 g/mol. The van der Waals surface area contributed by atoms with E-state index in [1.54, 1.807) is 6.07 Å². The van der Waals surface area contributed by atoms with Crippen molar-refractivity contribution in [3.8, 4) is 0 Å². The Morgan fingerprint density at radius 3 is 2.39 bits per heavy atom. The third-order valence-electron chi connectivity index (χ3n) is 5.19. The van der Waals surface area contributed by atoms with Gasteiger partial charge in [0.1, 0.15) is 5.00 Å². The highest BCUT2D eigenvalue weighted by atomic mass is 32.1. The SMILES string of the molecule is CCc1cc(C(=O)OC)c(N2C(=O)[C@@H]3[C@H](C2=O)[C@H]2C=C[C@@H]3C2)s1. The van der Waals surface area contributed by atoms with Crippen LogP contribution in [0.1, 0.15) is 28.6 Å². The molecular formula is C17H17NO4S. The Morgan fingerprint density at radius 1 is 1.26 bits per heavy atom. The number of nitrogens with zero attached hydrogens (tertiary/aromatic N) is 1. The molecule has 2 aliphatic carbocycles. The van der Waals surface area contributed by atoms with Gasteiger partial charge in [-0.2, -0.15) is 0 Å². The third kappa shape index (κ3) is 1.87. The minimum absolute atomic E-state index is 0.161. The van der Waals surface area contributed by atoms with E-state index >= 15 is 0 Å². The Balaban J connectivity index is 1.77. The molecule has 1 saturated heterocycles. The maximum Gasteiger partial charge on any atom is 0.340 e. The van der Waals surface area contributed by atoms with Crippen molar-refractivity contribution in [1.82, 2.24) is 0 Å². The molecule has 0 N–H and O–H groups in total. The van der Waals surface area contributed by atoms with Gasteiger partial charge >= 0.3 is 5.97 Å². The Bertz CT molecular complexity index is 720. The van der Waals surface area contributed by atoms with Crippen LogP contribution in [0.3, 0.4) is 0 Å². The second-order valence-electron chi connectivity index (χ2n) is 6.29. The lowest BCUT2D eigenvalue weighted by Crippen LogP contribution is -2.33. The summed E-state index contributed by atoms with van der Waals surface area (Å²) in [5.41, 5.74) is 0.316. The van der Waals surface area contributed by atoms with Crippen LogP contribution in [0.5, 0.6) is 0 Å². The Morgan fingerprint density at radius 2 is 1.87 bits per heavy atom. The highest BCUT2D eigenvalue weighted by Crippen LogP contribution is 2.54. The summed E-state index contributed by atoms with van der Waals surface area (Å²) in [5, 5.41) is 0.428. The number of methoxy groups -OCH3 is 1. The van der Waals surface area contributed by atoms with Gasteiger partial charge in [0.15, 0.2) is 0 Å². The van der Waals surface area contributed by atoms with Crippen LogP contribution in [0.2, 0.25) is 0 Å². The van der Waals surface area contributed by atoms with Crippen molar-refractivity contribution in [2.24, 2.45) is 23.7 Å². The van der Waals surface area contributed by atoms with Crippen molar-refractivity contribution in [2.45, 2.75) is 19.8 Å². The number of thiophene rings is 1. The van der Waals surface area contributed by atoms with Crippen LogP contribution < -0.4 is 4.90 Å². The van der Waals surface area contributed by atoms with Gasteiger partial charge in [-0.25, -0.2) is 9.69 Å². The van der Waals surface area contributed by atoms with Crippen LogP contribution in [-0.4, -0.2) is 24.9 Å². The molecule has 2 fully saturated rings. The fourth-order valence-corrected chi connectivity index (χ4v) is 5.22. The smallest absolute Gasteiger partial charge is 0.340 e. The molecule has 5 nitrogen and oxygen atoms in total. The van der Waals surface area contributed by atoms with Crippen LogP contribution in [0.4, 0.5) is 5.00 Å². The van der Waals surface area contributed by atoms with Crippen molar-refractivity contribution in [3.63, 3.8) is 0 Å². The predicted octanol–water partition coefficient (Wildman–Crippen LogP) is 2.41. The zero-order chi connectivity index (χ0) is 16.3. The summed E-state index contributed by atoms with van der Waals surface area (Å²) >= 11 is 1.33. The molecule has 6 heteroatoms. The van der Waals surface area contributed by atoms with Crippen molar-refractivity contribution >= 4 is 34.1 Å². The van der Waals surface area contributed by atoms with Crippen molar-refractivity contribution < 1.29 is 19.1 Å². The maximum atomic E-state index is 12.9. The van der Waals surface area contributed by atoms with E-state index in [0.717, 1.165) is 17.7 Å². The van der Waals surface area contributed by atoms with Crippen LogP contribution in [0, 0.1) is 23.7 Å². The highest BCUT2D eigenvalue weighted by molar-refractivity contribution is 7.17. The molecule has 1 aromatic rings. The Kier molecular flexibility index (Phi) is 3.20. The number of carbonyl (C=O) groups is 3. The van der Waals surface area contributed by atoms with E-state index in [0.29, 0.717) is 10.6 Å². The first-order valence-corrected chi connectivity index (χ1v) is 8.65. The summed E-state index contributed by atoms with van der Waals surface area (Å²) < 4.78 is 4.82. The molecule has 0 radical (unpaired) electrons. The minimum atomic E-state index is -0.505. The van der Waals surface area contributed by atoms with E-state index in [2.05, 4.69) is 12.2 Å². The number of rotatable bonds is 3. The molecule has 0 spiro atoms. The predicted molar refractivity (Wildman–Crippen MR) is 85.2 cm³/mol. The van der Waals surface area contributed by atoms with Gasteiger partial charge in [0.25, 0.3) is 0 Å². The molecule has 2 heterocycles. The van der Waals surface area contributed by atoms with Crippen LogP contribution in [-0.2, 0) is 20.7 Å². The molecule has 0 unspecified atom stereocenters. The normalized spacial score (nSPS) is 31.1. The van der Waals surface area contributed by atoms with E-state index in [9.17, 15) is 14.4 Å². The van der Waals surface area contributed by atoms with Crippen molar-refractivity contribution in [1.29, 1.82) is 0 Å². The number of aryl methyl sites for hydroxylation is 1. The number of carbonyl (C=O) groups excluding carboxylic acids is 3. The largest absolute Gasteiger partial charge is 0.465 e. The molecule has 1 aromatic heterocycles. The first-order chi connectivity index (χ1) is 11.1. The number of fused-ring (bicyclic) bond motifs is 5. The second-order valence-corrected chi connectivity index (χ2v) is 7.40. The Hall–Kier alpha value is -1.95. The minimum Gasteiger partial charge on any atom is -0.465 e. The zero-order valence-electron chi connectivity index (χ0n) is 12.9. The van der Waals surface area contributed by atoms with E-state index in [1.807, 2.05) is 6.92 Å². The number of imide groups is 1. The molecule has 4 atom stereocenters. The fourth-order valence-electron chi connectivity index (χ4n) is 4.13. The summed E-state index contributed by atoms with van der Waals surface area (Å²) in [4.78, 5) is 40.0. The standard InChI is InChI=1S/C17H17NO4S/c1-3-10-7-11(17(21)22-2)16(23-10)18-14(19)12-8-4-5-9(6-8)13(12)15(18)20/h4-5,7-9,12-13H,3,6H2,1-2H3/t8-,9+,12+,13-. The molecule has 23 heavy (non-hydrogen) atoms. The number of allylic oxidation sites excluding steroid dienone is 2. The van der Waals surface area contributed by atoms with Gasteiger partial charge < -0.3 is 4.74 Å². The van der Waals surface area contributed by atoms with Crippen molar-refractivity contribution in [2.75, 3.05) is 12.0 Å². The number of esters is 1. The van der Waals surface area contributed by atoms with Gasteiger partial charge in [-0.05, 0) is 30.7 Å². The van der Waals surface area contributed by atoms with Gasteiger partial charge in [-0.1, -0.05) is 19.1 Å². The molecule has 3 aliphatic rings. The van der Waals surface area contributed by atoms with E-state index in [-0.39, 0.29) is 35.5 Å². The van der Waals surface area contributed by atoms with Gasteiger partial charge in [-0.15, -0.1) is 11.3 Å². The maximum absolute atomic E-state index is 12.9. The summed E-state index contributed by atoms with van der Waals surface area (Å²) in [6.07, 6.45) is 5.76. The molecule has 120 valence electrons. The highest BCUT2D eigenvalue weighted by Gasteiger charge is 2.60. The second kappa shape index (κ2) is 5.03. The average molecular weight is 331 g/mol. The summed E-state index contributed by atoms with van der Waals surface area (Å²) in [6, 6.07) is 1.73. The molecule has 4 rings (SSSR count). The number of amides is 2. The van der Waals surface area contributed by atoms with Crippen LogP contribution in [0.15, 0.2) is 18.2 Å². The van der Waals surface area contributed by atoms with Crippen LogP contribution >= 0.6 is 11.3 Å². The number of anilines is 1. The first-order valence-electron chi connectivity index (χ1n) is 7.84. The molecule has 2 amide bonds. The van der Waals surface area contributed by atoms with Crippen LogP contribution in [0.25, 0.3) is 0 Å². The lowest BCUT2D eigenvalue weighted by Gasteiger charge is -2.16. The van der Waals surface area contributed by atoms with E-state index in [1.165, 1.54) is 23.3 Å². The first kappa shape index (κ1) is 14.6. The average Bonchev–Trinajstić information content (AvgIpc) is 3.29. The Labute approximate surface area is 137 Å². The van der Waals surface area contributed by atoms with Crippen molar-refractivity contribution in [3.05, 3.63) is 28.7 Å². The number of hydrogen-bond acceptors (Lipinski definition) is 5. The monoisotopic (exact) mass is 331 g/mol. The van der Waals surface area contributed by atoms with Gasteiger partial charge in [0.2, 0.25) is 11.8 Å². The molecule has 1 saturated carbocycles. The summed E-state index contributed by atoms with van der Waals surface area (Å²) in [5.74, 6) is -1.00.